The number of nitrogens with zero attached hydrogens (tertiary/aromatic N) is 1. The Morgan fingerprint density at radius 2 is 1.65 bits per heavy atom. The van der Waals surface area contributed by atoms with Crippen molar-refractivity contribution in [2.45, 2.75) is 33.1 Å². The van der Waals surface area contributed by atoms with Crippen LogP contribution >= 0.6 is 0 Å². The first kappa shape index (κ1) is 19.5. The Morgan fingerprint density at radius 3 is 2.27 bits per heavy atom. The van der Waals surface area contributed by atoms with E-state index in [1.54, 1.807) is 18.2 Å². The summed E-state index contributed by atoms with van der Waals surface area (Å²) in [7, 11) is 1.54. The average molecular weight is 354 g/mol. The van der Waals surface area contributed by atoms with Gasteiger partial charge in [0.25, 0.3) is 0 Å². The van der Waals surface area contributed by atoms with Gasteiger partial charge in [-0.25, -0.2) is 0 Å². The topological polar surface area (TPSA) is 58.6 Å². The number of nitrogens with one attached hydrogen (secondary N) is 1. The Kier molecular flexibility index (Phi) is 6.03. The molecule has 0 spiro atoms. The highest BCUT2D eigenvalue weighted by molar-refractivity contribution is 6.02. The number of rotatable bonds is 5. The second-order valence-corrected chi connectivity index (χ2v) is 7.12. The van der Waals surface area contributed by atoms with Crippen LogP contribution in [-0.4, -0.2) is 25.5 Å². The minimum atomic E-state index is -0.261. The van der Waals surface area contributed by atoms with Gasteiger partial charge in [-0.1, -0.05) is 51.1 Å². The van der Waals surface area contributed by atoms with Gasteiger partial charge in [0.05, 0.1) is 12.8 Å². The summed E-state index contributed by atoms with van der Waals surface area (Å²) >= 11 is 0. The molecule has 0 aliphatic carbocycles. The highest BCUT2D eigenvalue weighted by Crippen LogP contribution is 2.30. The first-order valence-corrected chi connectivity index (χ1v) is 8.54. The maximum atomic E-state index is 12.6. The zero-order valence-electron chi connectivity index (χ0n) is 16.0. The van der Waals surface area contributed by atoms with Crippen LogP contribution < -0.4 is 15.0 Å². The number of anilines is 2. The van der Waals surface area contributed by atoms with Crippen LogP contribution in [0.3, 0.4) is 0 Å². The van der Waals surface area contributed by atoms with Crippen LogP contribution in [0.15, 0.2) is 48.5 Å². The van der Waals surface area contributed by atoms with Crippen molar-refractivity contribution in [2.24, 2.45) is 0 Å². The van der Waals surface area contributed by atoms with Crippen molar-refractivity contribution in [1.82, 2.24) is 0 Å². The first-order valence-electron chi connectivity index (χ1n) is 8.54. The predicted octanol–water partition coefficient (Wildman–Crippen LogP) is 3.98. The van der Waals surface area contributed by atoms with Crippen molar-refractivity contribution in [3.8, 4) is 5.75 Å². The smallest absolute Gasteiger partial charge is 0.244 e. The Labute approximate surface area is 155 Å². The van der Waals surface area contributed by atoms with Gasteiger partial charge in [-0.15, -0.1) is 0 Å². The van der Waals surface area contributed by atoms with Gasteiger partial charge in [-0.05, 0) is 29.2 Å². The summed E-state index contributed by atoms with van der Waals surface area (Å²) in [5, 5.41) is 2.94. The van der Waals surface area contributed by atoms with Gasteiger partial charge in [-0.3, -0.25) is 14.5 Å². The van der Waals surface area contributed by atoms with Gasteiger partial charge in [-0.2, -0.15) is 0 Å². The molecule has 0 heterocycles. The van der Waals surface area contributed by atoms with Crippen LogP contribution in [0.1, 0.15) is 33.3 Å². The maximum absolute atomic E-state index is 12.6. The molecule has 1 N–H and O–H groups in total. The van der Waals surface area contributed by atoms with Crippen LogP contribution in [-0.2, 0) is 15.0 Å². The zero-order chi connectivity index (χ0) is 19.3. The zero-order valence-corrected chi connectivity index (χ0v) is 16.0. The molecular weight excluding hydrogens is 328 g/mol. The summed E-state index contributed by atoms with van der Waals surface area (Å²) in [6, 6.07) is 14.9. The number of benzene rings is 2. The summed E-state index contributed by atoms with van der Waals surface area (Å²) in [6.07, 6.45) is 0. The summed E-state index contributed by atoms with van der Waals surface area (Å²) < 4.78 is 5.31. The molecule has 0 aliphatic heterocycles. The third-order valence-corrected chi connectivity index (χ3v) is 4.07. The molecule has 2 rings (SSSR count). The van der Waals surface area contributed by atoms with E-state index in [0.29, 0.717) is 11.4 Å². The normalized spacial score (nSPS) is 11.0. The molecular formula is C21H26N2O3. The maximum Gasteiger partial charge on any atom is 0.244 e. The molecule has 0 radical (unpaired) electrons. The van der Waals surface area contributed by atoms with Crippen LogP contribution in [0, 0.1) is 0 Å². The standard InChI is InChI=1S/C21H26N2O3/c1-15(24)23(18-12-8-9-13-19(18)26-5)14-20(25)22-17-11-7-6-10-16(17)21(2,3)4/h6-13H,14H2,1-5H3,(H,22,25). The number of amides is 2. The van der Waals surface area contributed by atoms with Crippen molar-refractivity contribution in [1.29, 1.82) is 0 Å². The minimum Gasteiger partial charge on any atom is -0.495 e. The fraction of sp³-hybridized carbons (Fsp3) is 0.333. The minimum absolute atomic E-state index is 0.0891. The van der Waals surface area contributed by atoms with Crippen molar-refractivity contribution < 1.29 is 14.3 Å². The van der Waals surface area contributed by atoms with Gasteiger partial charge in [0.15, 0.2) is 0 Å². The summed E-state index contributed by atoms with van der Waals surface area (Å²) in [6.45, 7) is 7.62. The highest BCUT2D eigenvalue weighted by atomic mass is 16.5. The molecule has 2 aromatic rings. The van der Waals surface area contributed by atoms with E-state index in [2.05, 4.69) is 26.1 Å². The molecule has 26 heavy (non-hydrogen) atoms. The Hall–Kier alpha value is -2.82. The summed E-state index contributed by atoms with van der Waals surface area (Å²) in [5.74, 6) is 0.0576. The first-order chi connectivity index (χ1) is 12.2. The fourth-order valence-corrected chi connectivity index (χ4v) is 2.80. The molecule has 5 heteroatoms. The van der Waals surface area contributed by atoms with Crippen molar-refractivity contribution in [3.63, 3.8) is 0 Å². The second kappa shape index (κ2) is 8.04. The molecule has 0 bridgehead atoms. The van der Waals surface area contributed by atoms with Crippen LogP contribution in [0.5, 0.6) is 5.75 Å². The van der Waals surface area contributed by atoms with Crippen LogP contribution in [0.4, 0.5) is 11.4 Å². The lowest BCUT2D eigenvalue weighted by Gasteiger charge is -2.25. The lowest BCUT2D eigenvalue weighted by Crippen LogP contribution is -2.37. The molecule has 2 amide bonds. The van der Waals surface area contributed by atoms with E-state index >= 15 is 0 Å². The summed E-state index contributed by atoms with van der Waals surface area (Å²) in [5.41, 5.74) is 2.27. The van der Waals surface area contributed by atoms with Gasteiger partial charge >= 0.3 is 0 Å². The highest BCUT2D eigenvalue weighted by Gasteiger charge is 2.22. The van der Waals surface area contributed by atoms with Crippen molar-refractivity contribution >= 4 is 23.2 Å². The van der Waals surface area contributed by atoms with E-state index in [0.717, 1.165) is 11.3 Å². The SMILES string of the molecule is COc1ccccc1N(CC(=O)Nc1ccccc1C(C)(C)C)C(C)=O. The monoisotopic (exact) mass is 354 g/mol. The lowest BCUT2D eigenvalue weighted by atomic mass is 9.86. The number of carbonyl (C=O) groups is 2. The van der Waals surface area contributed by atoms with E-state index in [1.165, 1.54) is 18.9 Å². The van der Waals surface area contributed by atoms with Gasteiger partial charge in [0.1, 0.15) is 12.3 Å². The Bertz CT molecular complexity index is 794. The lowest BCUT2D eigenvalue weighted by molar-refractivity contribution is -0.120. The predicted molar refractivity (Wildman–Crippen MR) is 105 cm³/mol. The molecule has 5 nitrogen and oxygen atoms in total. The largest absolute Gasteiger partial charge is 0.495 e. The number of hydrogen-bond acceptors (Lipinski definition) is 3. The Balaban J connectivity index is 2.24. The number of hydrogen-bond donors (Lipinski definition) is 1. The number of carbonyl (C=O) groups excluding carboxylic acids is 2. The van der Waals surface area contributed by atoms with E-state index < -0.39 is 0 Å². The van der Waals surface area contributed by atoms with E-state index in [1.807, 2.05) is 30.3 Å². The summed E-state index contributed by atoms with van der Waals surface area (Å²) in [4.78, 5) is 26.2. The van der Waals surface area contributed by atoms with Gasteiger partial charge in [0, 0.05) is 12.6 Å². The second-order valence-electron chi connectivity index (χ2n) is 7.12. The van der Waals surface area contributed by atoms with Gasteiger partial charge < -0.3 is 10.1 Å². The van der Waals surface area contributed by atoms with Crippen molar-refractivity contribution in [3.05, 3.63) is 54.1 Å². The third-order valence-electron chi connectivity index (χ3n) is 4.07. The molecule has 0 fully saturated rings. The third kappa shape index (κ3) is 4.63. The molecule has 0 saturated carbocycles. The Morgan fingerprint density at radius 1 is 1.04 bits per heavy atom. The fourth-order valence-electron chi connectivity index (χ4n) is 2.80. The molecule has 138 valence electrons. The van der Waals surface area contributed by atoms with Crippen LogP contribution in [0.25, 0.3) is 0 Å². The number of para-hydroxylation sites is 3. The molecule has 2 aromatic carbocycles. The van der Waals surface area contributed by atoms with E-state index in [4.69, 9.17) is 4.74 Å². The molecule has 0 aromatic heterocycles. The molecule has 0 saturated heterocycles. The van der Waals surface area contributed by atoms with E-state index in [-0.39, 0.29) is 23.8 Å². The van der Waals surface area contributed by atoms with Gasteiger partial charge in [0.2, 0.25) is 11.8 Å². The van der Waals surface area contributed by atoms with E-state index in [9.17, 15) is 9.59 Å². The quantitative estimate of drug-likeness (QED) is 0.883. The molecule has 0 aliphatic rings. The van der Waals surface area contributed by atoms with Crippen molar-refractivity contribution in [2.75, 3.05) is 23.9 Å². The number of ether oxygens (including phenoxy) is 1. The molecule has 0 unspecified atom stereocenters. The average Bonchev–Trinajstić information content (AvgIpc) is 2.59. The van der Waals surface area contributed by atoms with Crippen LogP contribution in [0.2, 0.25) is 0 Å². The molecule has 0 atom stereocenters. The number of methoxy groups -OCH3 is 1.